The zero-order valence-electron chi connectivity index (χ0n) is 17.7. The molecule has 0 saturated carbocycles. The Bertz CT molecular complexity index is 1250. The van der Waals surface area contributed by atoms with Crippen molar-refractivity contribution in [3.8, 4) is 11.1 Å². The number of benzene rings is 1. The normalized spacial score (nSPS) is 14.4. The van der Waals surface area contributed by atoms with Crippen molar-refractivity contribution in [3.63, 3.8) is 0 Å². The van der Waals surface area contributed by atoms with Gasteiger partial charge in [0, 0.05) is 49.5 Å². The van der Waals surface area contributed by atoms with E-state index in [9.17, 15) is 4.79 Å². The Kier molecular flexibility index (Phi) is 4.74. The molecule has 4 aromatic rings. The van der Waals surface area contributed by atoms with Crippen LogP contribution in [0.15, 0.2) is 47.5 Å². The first kappa shape index (κ1) is 19.4. The standard InChI is InChI=1S/C22H23N7O2/c1-27(2)17-11-29(12-17)22-26-19(13-31-22)20(30)7-21-23-8-15-5-4-14(6-18(15)25-21)16-9-24-28(3)10-16/h4-6,8-10,13,17H,7,11-12H2,1-3H3. The van der Waals surface area contributed by atoms with Gasteiger partial charge in [-0.3, -0.25) is 9.48 Å². The number of fused-ring (bicyclic) bond motifs is 1. The molecule has 3 aromatic heterocycles. The van der Waals surface area contributed by atoms with Gasteiger partial charge in [-0.2, -0.15) is 10.1 Å². The molecule has 1 saturated heterocycles. The number of likely N-dealkylation sites (N-methyl/N-ethyl adjacent to an activating group) is 1. The summed E-state index contributed by atoms with van der Waals surface area (Å²) in [7, 11) is 5.99. The van der Waals surface area contributed by atoms with Crippen molar-refractivity contribution in [1.82, 2.24) is 29.6 Å². The molecule has 1 aromatic carbocycles. The van der Waals surface area contributed by atoms with E-state index < -0.39 is 0 Å². The van der Waals surface area contributed by atoms with Gasteiger partial charge in [0.2, 0.25) is 0 Å². The first-order valence-electron chi connectivity index (χ1n) is 10.1. The van der Waals surface area contributed by atoms with E-state index in [2.05, 4.69) is 39.0 Å². The molecule has 1 aliphatic rings. The van der Waals surface area contributed by atoms with Crippen LogP contribution in [0.3, 0.4) is 0 Å². The van der Waals surface area contributed by atoms with E-state index in [4.69, 9.17) is 4.42 Å². The summed E-state index contributed by atoms with van der Waals surface area (Å²) in [5, 5.41) is 5.14. The molecule has 0 amide bonds. The summed E-state index contributed by atoms with van der Waals surface area (Å²) in [4.78, 5) is 30.2. The average molecular weight is 417 g/mol. The summed E-state index contributed by atoms with van der Waals surface area (Å²) in [6.45, 7) is 1.68. The smallest absolute Gasteiger partial charge is 0.297 e. The molecular formula is C22H23N7O2. The second kappa shape index (κ2) is 7.59. The first-order chi connectivity index (χ1) is 15.0. The maximum atomic E-state index is 12.7. The van der Waals surface area contributed by atoms with E-state index >= 15 is 0 Å². The van der Waals surface area contributed by atoms with Crippen LogP contribution < -0.4 is 4.90 Å². The van der Waals surface area contributed by atoms with E-state index in [1.807, 2.05) is 42.5 Å². The van der Waals surface area contributed by atoms with Gasteiger partial charge >= 0.3 is 0 Å². The van der Waals surface area contributed by atoms with Crippen molar-refractivity contribution in [2.24, 2.45) is 7.05 Å². The summed E-state index contributed by atoms with van der Waals surface area (Å²) >= 11 is 0. The predicted octanol–water partition coefficient (Wildman–Crippen LogP) is 2.19. The van der Waals surface area contributed by atoms with Crippen molar-refractivity contribution in [1.29, 1.82) is 0 Å². The summed E-state index contributed by atoms with van der Waals surface area (Å²) in [6.07, 6.45) is 7.00. The van der Waals surface area contributed by atoms with E-state index in [1.165, 1.54) is 6.26 Å². The Labute approximate surface area is 179 Å². The van der Waals surface area contributed by atoms with Gasteiger partial charge in [0.1, 0.15) is 17.8 Å². The van der Waals surface area contributed by atoms with Gasteiger partial charge in [0.15, 0.2) is 5.78 Å². The Morgan fingerprint density at radius 2 is 2.03 bits per heavy atom. The highest BCUT2D eigenvalue weighted by Gasteiger charge is 2.31. The minimum atomic E-state index is -0.164. The molecule has 1 aliphatic heterocycles. The number of aryl methyl sites for hydroxylation is 1. The monoisotopic (exact) mass is 417 g/mol. The molecule has 9 heteroatoms. The summed E-state index contributed by atoms with van der Waals surface area (Å²) < 4.78 is 7.28. The number of nitrogens with zero attached hydrogens (tertiary/aromatic N) is 7. The molecule has 0 aliphatic carbocycles. The minimum absolute atomic E-state index is 0.0688. The first-order valence-corrected chi connectivity index (χ1v) is 10.1. The van der Waals surface area contributed by atoms with E-state index in [0.29, 0.717) is 23.6 Å². The number of anilines is 1. The number of hydrogen-bond donors (Lipinski definition) is 0. The SMILES string of the molecule is CN(C)C1CN(c2nc(C(=O)Cc3ncc4ccc(-c5cnn(C)c5)cc4n3)co2)C1. The van der Waals surface area contributed by atoms with Gasteiger partial charge in [-0.15, -0.1) is 0 Å². The van der Waals surface area contributed by atoms with E-state index in [1.54, 1.807) is 10.9 Å². The third-order valence-corrected chi connectivity index (χ3v) is 5.63. The molecule has 31 heavy (non-hydrogen) atoms. The lowest BCUT2D eigenvalue weighted by Gasteiger charge is -2.41. The second-order valence-corrected chi connectivity index (χ2v) is 8.10. The van der Waals surface area contributed by atoms with E-state index in [0.717, 1.165) is 35.1 Å². The minimum Gasteiger partial charge on any atom is -0.431 e. The molecule has 1 fully saturated rings. The van der Waals surface area contributed by atoms with Crippen molar-refractivity contribution in [2.45, 2.75) is 12.5 Å². The number of Topliss-reactive ketones (excluding diaryl/α,β-unsaturated/α-hetero) is 1. The number of carbonyl (C=O) groups is 1. The van der Waals surface area contributed by atoms with Crippen LogP contribution in [0.2, 0.25) is 0 Å². The fraction of sp³-hybridized carbons (Fsp3) is 0.318. The summed E-state index contributed by atoms with van der Waals surface area (Å²) in [6, 6.07) is 6.94. The topological polar surface area (TPSA) is 93.2 Å². The largest absolute Gasteiger partial charge is 0.431 e. The van der Waals surface area contributed by atoms with Crippen molar-refractivity contribution in [3.05, 3.63) is 54.6 Å². The second-order valence-electron chi connectivity index (χ2n) is 8.10. The fourth-order valence-corrected chi connectivity index (χ4v) is 3.61. The highest BCUT2D eigenvalue weighted by molar-refractivity contribution is 5.95. The molecular weight excluding hydrogens is 394 g/mol. The quantitative estimate of drug-likeness (QED) is 0.441. The Morgan fingerprint density at radius 3 is 2.77 bits per heavy atom. The van der Waals surface area contributed by atoms with Crippen LogP contribution in [-0.2, 0) is 13.5 Å². The van der Waals surface area contributed by atoms with Crippen molar-refractivity contribution < 1.29 is 9.21 Å². The van der Waals surface area contributed by atoms with Crippen LogP contribution in [-0.4, -0.2) is 68.6 Å². The van der Waals surface area contributed by atoms with Gasteiger partial charge in [-0.1, -0.05) is 12.1 Å². The number of aromatic nitrogens is 5. The Morgan fingerprint density at radius 1 is 1.19 bits per heavy atom. The predicted molar refractivity (Wildman–Crippen MR) is 116 cm³/mol. The highest BCUT2D eigenvalue weighted by atomic mass is 16.4. The molecule has 0 atom stereocenters. The molecule has 0 radical (unpaired) electrons. The molecule has 4 heterocycles. The number of hydrogen-bond acceptors (Lipinski definition) is 8. The van der Waals surface area contributed by atoms with Gasteiger partial charge in [-0.05, 0) is 25.7 Å². The van der Waals surface area contributed by atoms with Gasteiger partial charge < -0.3 is 14.2 Å². The Balaban J connectivity index is 1.31. The van der Waals surface area contributed by atoms with Crippen molar-refractivity contribution in [2.75, 3.05) is 32.1 Å². The van der Waals surface area contributed by atoms with Crippen LogP contribution in [0.5, 0.6) is 0 Å². The molecule has 158 valence electrons. The molecule has 0 N–H and O–H groups in total. The lowest BCUT2D eigenvalue weighted by molar-refractivity contribution is 0.0986. The fourth-order valence-electron chi connectivity index (χ4n) is 3.61. The molecule has 9 nitrogen and oxygen atoms in total. The summed E-state index contributed by atoms with van der Waals surface area (Å²) in [5.74, 6) is 0.296. The third-order valence-electron chi connectivity index (χ3n) is 5.63. The van der Waals surface area contributed by atoms with Gasteiger partial charge in [0.05, 0.1) is 18.1 Å². The number of oxazole rings is 1. The molecule has 0 bridgehead atoms. The lowest BCUT2D eigenvalue weighted by Crippen LogP contribution is -2.57. The average Bonchev–Trinajstić information content (AvgIpc) is 3.35. The van der Waals surface area contributed by atoms with Gasteiger partial charge in [0.25, 0.3) is 6.01 Å². The maximum absolute atomic E-state index is 12.7. The van der Waals surface area contributed by atoms with Crippen LogP contribution in [0.1, 0.15) is 16.3 Å². The van der Waals surface area contributed by atoms with Gasteiger partial charge in [-0.25, -0.2) is 9.97 Å². The number of ketones is 1. The number of carbonyl (C=O) groups excluding carboxylic acids is 1. The zero-order valence-corrected chi connectivity index (χ0v) is 17.7. The molecule has 0 spiro atoms. The van der Waals surface area contributed by atoms with Crippen LogP contribution >= 0.6 is 0 Å². The molecule has 5 rings (SSSR count). The zero-order chi connectivity index (χ0) is 21.5. The summed E-state index contributed by atoms with van der Waals surface area (Å²) in [5.41, 5.74) is 3.12. The highest BCUT2D eigenvalue weighted by Crippen LogP contribution is 2.24. The van der Waals surface area contributed by atoms with Crippen LogP contribution in [0.4, 0.5) is 6.01 Å². The van der Waals surface area contributed by atoms with Crippen LogP contribution in [0, 0.1) is 0 Å². The maximum Gasteiger partial charge on any atom is 0.297 e. The van der Waals surface area contributed by atoms with Crippen LogP contribution in [0.25, 0.3) is 22.0 Å². The van der Waals surface area contributed by atoms with Crippen molar-refractivity contribution >= 4 is 22.7 Å². The Hall–Kier alpha value is -3.59. The lowest BCUT2D eigenvalue weighted by atomic mass is 10.1. The molecule has 0 unspecified atom stereocenters. The number of rotatable bonds is 6. The van der Waals surface area contributed by atoms with E-state index in [-0.39, 0.29) is 12.2 Å². The third kappa shape index (κ3) is 3.79.